The van der Waals surface area contributed by atoms with E-state index in [2.05, 4.69) is 20.5 Å². The summed E-state index contributed by atoms with van der Waals surface area (Å²) in [6.07, 6.45) is 2.93. The molecular weight excluding hydrogens is 381 g/mol. The average Bonchev–Trinajstić information content (AvgIpc) is 3.37. The fourth-order valence-corrected chi connectivity index (χ4v) is 3.30. The van der Waals surface area contributed by atoms with E-state index in [4.69, 9.17) is 10.3 Å². The smallest absolute Gasteiger partial charge is 0.276 e. The Kier molecular flexibility index (Phi) is 5.02. The van der Waals surface area contributed by atoms with Crippen molar-refractivity contribution in [3.05, 3.63) is 47.9 Å². The molecule has 29 heavy (non-hydrogen) atoms. The van der Waals surface area contributed by atoms with Gasteiger partial charge in [0.15, 0.2) is 5.69 Å². The molecule has 150 valence electrons. The second-order valence-electron chi connectivity index (χ2n) is 6.82. The Hall–Kier alpha value is -3.63. The first-order valence-corrected chi connectivity index (χ1v) is 9.07. The molecule has 1 aromatic carbocycles. The number of amides is 2. The third-order valence-corrected chi connectivity index (χ3v) is 4.66. The van der Waals surface area contributed by atoms with Crippen LogP contribution in [0.2, 0.25) is 0 Å². The molecule has 1 aliphatic heterocycles. The third-order valence-electron chi connectivity index (χ3n) is 4.66. The molecule has 1 aliphatic rings. The largest absolute Gasteiger partial charge is 0.368 e. The quantitative estimate of drug-likeness (QED) is 0.676. The number of aromatic nitrogens is 5. The number of primary amides is 1. The Morgan fingerprint density at radius 2 is 2.21 bits per heavy atom. The first-order valence-electron chi connectivity index (χ1n) is 9.07. The van der Waals surface area contributed by atoms with E-state index in [1.807, 2.05) is 0 Å². The molecule has 1 fully saturated rings. The van der Waals surface area contributed by atoms with E-state index in [1.165, 1.54) is 23.0 Å². The molecule has 0 saturated carbocycles. The Labute approximate surface area is 164 Å². The summed E-state index contributed by atoms with van der Waals surface area (Å²) in [6, 6.07) is 5.95. The van der Waals surface area contributed by atoms with E-state index in [0.717, 1.165) is 12.8 Å². The van der Waals surface area contributed by atoms with Crippen LogP contribution in [0.5, 0.6) is 0 Å². The van der Waals surface area contributed by atoms with Gasteiger partial charge in [0.1, 0.15) is 12.4 Å². The summed E-state index contributed by atoms with van der Waals surface area (Å²) in [4.78, 5) is 29.7. The van der Waals surface area contributed by atoms with Crippen molar-refractivity contribution < 1.29 is 18.5 Å². The van der Waals surface area contributed by atoms with Crippen molar-refractivity contribution in [1.29, 1.82) is 0 Å². The molecule has 1 saturated heterocycles. The lowest BCUT2D eigenvalue weighted by Gasteiger charge is -2.30. The van der Waals surface area contributed by atoms with Gasteiger partial charge in [-0.1, -0.05) is 22.5 Å². The lowest BCUT2D eigenvalue weighted by Crippen LogP contribution is -2.39. The Morgan fingerprint density at radius 1 is 1.34 bits per heavy atom. The number of carbonyl (C=O) groups is 2. The van der Waals surface area contributed by atoms with Crippen molar-refractivity contribution >= 4 is 11.8 Å². The van der Waals surface area contributed by atoms with Crippen LogP contribution in [-0.4, -0.2) is 54.9 Å². The standard InChI is InChI=1S/C18H18FN7O3/c19-13-5-1-3-11(7-13)16-21-17(29-23-16)12-4-2-6-25(8-12)18(28)14-9-26(24-22-14)10-15(20)27/h1,3,5,7,9,12H,2,4,6,8,10H2,(H2,20,27). The van der Waals surface area contributed by atoms with Crippen LogP contribution in [0.25, 0.3) is 11.4 Å². The summed E-state index contributed by atoms with van der Waals surface area (Å²) < 4.78 is 20.0. The van der Waals surface area contributed by atoms with Gasteiger partial charge >= 0.3 is 0 Å². The minimum Gasteiger partial charge on any atom is -0.368 e. The molecular formula is C18H18FN7O3. The first kappa shape index (κ1) is 18.7. The number of hydrogen-bond donors (Lipinski definition) is 1. The van der Waals surface area contributed by atoms with Gasteiger partial charge in [-0.05, 0) is 25.0 Å². The zero-order valence-corrected chi connectivity index (χ0v) is 15.4. The van der Waals surface area contributed by atoms with Crippen LogP contribution in [0.4, 0.5) is 4.39 Å². The average molecular weight is 399 g/mol. The van der Waals surface area contributed by atoms with Gasteiger partial charge in [0, 0.05) is 18.7 Å². The third kappa shape index (κ3) is 4.13. The predicted octanol–water partition coefficient (Wildman–Crippen LogP) is 0.972. The molecule has 1 unspecified atom stereocenters. The number of halogens is 1. The van der Waals surface area contributed by atoms with Gasteiger partial charge in [-0.15, -0.1) is 5.10 Å². The fraction of sp³-hybridized carbons (Fsp3) is 0.333. The zero-order chi connectivity index (χ0) is 20.4. The topological polar surface area (TPSA) is 133 Å². The highest BCUT2D eigenvalue weighted by Gasteiger charge is 2.30. The van der Waals surface area contributed by atoms with Crippen LogP contribution in [0.3, 0.4) is 0 Å². The highest BCUT2D eigenvalue weighted by atomic mass is 19.1. The van der Waals surface area contributed by atoms with Gasteiger partial charge in [0.25, 0.3) is 5.91 Å². The van der Waals surface area contributed by atoms with Gasteiger partial charge in [0.2, 0.25) is 17.6 Å². The molecule has 10 nitrogen and oxygen atoms in total. The van der Waals surface area contributed by atoms with Crippen LogP contribution in [0.1, 0.15) is 35.1 Å². The van der Waals surface area contributed by atoms with Crippen LogP contribution in [0.15, 0.2) is 35.0 Å². The van der Waals surface area contributed by atoms with Crippen molar-refractivity contribution in [3.63, 3.8) is 0 Å². The number of rotatable bonds is 5. The van der Waals surface area contributed by atoms with Gasteiger partial charge in [0.05, 0.1) is 12.1 Å². The highest BCUT2D eigenvalue weighted by molar-refractivity contribution is 5.92. The number of carbonyl (C=O) groups excluding carboxylic acids is 2. The number of nitrogens with zero attached hydrogens (tertiary/aromatic N) is 6. The Bertz CT molecular complexity index is 1050. The second kappa shape index (κ2) is 7.78. The lowest BCUT2D eigenvalue weighted by molar-refractivity contribution is -0.118. The summed E-state index contributed by atoms with van der Waals surface area (Å²) in [6.45, 7) is 0.795. The van der Waals surface area contributed by atoms with E-state index in [9.17, 15) is 14.0 Å². The van der Waals surface area contributed by atoms with Crippen LogP contribution >= 0.6 is 0 Å². The summed E-state index contributed by atoms with van der Waals surface area (Å²) in [5.74, 6) is -0.681. The fourth-order valence-electron chi connectivity index (χ4n) is 3.30. The lowest BCUT2D eigenvalue weighted by atomic mass is 9.97. The number of likely N-dealkylation sites (tertiary alicyclic amines) is 1. The van der Waals surface area contributed by atoms with E-state index < -0.39 is 5.91 Å². The van der Waals surface area contributed by atoms with Gasteiger partial charge < -0.3 is 15.2 Å². The van der Waals surface area contributed by atoms with Gasteiger partial charge in [-0.3, -0.25) is 9.59 Å². The monoisotopic (exact) mass is 399 g/mol. The molecule has 0 aliphatic carbocycles. The van der Waals surface area contributed by atoms with Crippen molar-refractivity contribution in [1.82, 2.24) is 30.0 Å². The van der Waals surface area contributed by atoms with E-state index >= 15 is 0 Å². The van der Waals surface area contributed by atoms with Crippen molar-refractivity contribution in [2.45, 2.75) is 25.3 Å². The van der Waals surface area contributed by atoms with Crippen LogP contribution in [-0.2, 0) is 11.3 Å². The Morgan fingerprint density at radius 3 is 3.00 bits per heavy atom. The second-order valence-corrected chi connectivity index (χ2v) is 6.82. The Balaban J connectivity index is 1.46. The highest BCUT2D eigenvalue weighted by Crippen LogP contribution is 2.28. The molecule has 0 bridgehead atoms. The summed E-state index contributed by atoms with van der Waals surface area (Å²) >= 11 is 0. The molecule has 0 spiro atoms. The SMILES string of the molecule is NC(=O)Cn1cc(C(=O)N2CCCC(c3nc(-c4cccc(F)c4)no3)C2)nn1. The van der Waals surface area contributed by atoms with Crippen LogP contribution < -0.4 is 5.73 Å². The summed E-state index contributed by atoms with van der Waals surface area (Å²) in [5.41, 5.74) is 5.78. The minimum absolute atomic E-state index is 0.136. The molecule has 4 rings (SSSR count). The summed E-state index contributed by atoms with van der Waals surface area (Å²) in [7, 11) is 0. The zero-order valence-electron chi connectivity index (χ0n) is 15.4. The van der Waals surface area contributed by atoms with Crippen molar-refractivity contribution in [2.24, 2.45) is 5.73 Å². The van der Waals surface area contributed by atoms with Crippen molar-refractivity contribution in [3.8, 4) is 11.4 Å². The molecule has 2 amide bonds. The van der Waals surface area contributed by atoms with Crippen LogP contribution in [0, 0.1) is 5.82 Å². The van der Waals surface area contributed by atoms with E-state index in [0.29, 0.717) is 30.4 Å². The van der Waals surface area contributed by atoms with E-state index in [1.54, 1.807) is 17.0 Å². The van der Waals surface area contributed by atoms with E-state index in [-0.39, 0.29) is 29.9 Å². The summed E-state index contributed by atoms with van der Waals surface area (Å²) in [5, 5.41) is 11.5. The van der Waals surface area contributed by atoms with Gasteiger partial charge in [-0.2, -0.15) is 4.98 Å². The molecule has 2 N–H and O–H groups in total. The minimum atomic E-state index is -0.572. The molecule has 1 atom stereocenters. The number of nitrogens with two attached hydrogens (primary N) is 1. The predicted molar refractivity (Wildman–Crippen MR) is 96.8 cm³/mol. The first-order chi connectivity index (χ1) is 14.0. The number of hydrogen-bond acceptors (Lipinski definition) is 7. The normalized spacial score (nSPS) is 16.7. The molecule has 11 heteroatoms. The van der Waals surface area contributed by atoms with Crippen molar-refractivity contribution in [2.75, 3.05) is 13.1 Å². The molecule has 2 aromatic heterocycles. The maximum absolute atomic E-state index is 13.4. The maximum Gasteiger partial charge on any atom is 0.276 e. The molecule has 0 radical (unpaired) electrons. The molecule has 3 heterocycles. The van der Waals surface area contributed by atoms with Gasteiger partial charge in [-0.25, -0.2) is 9.07 Å². The number of benzene rings is 1. The number of piperidine rings is 1. The molecule has 3 aromatic rings. The maximum atomic E-state index is 13.4.